The van der Waals surface area contributed by atoms with Crippen molar-refractivity contribution < 1.29 is 0 Å². The number of hydrogen-bond donors (Lipinski definition) is 1. The molecule has 5 heterocycles. The summed E-state index contributed by atoms with van der Waals surface area (Å²) in [4.78, 5) is 18.4. The third kappa shape index (κ3) is 3.44. The molecule has 2 unspecified atom stereocenters. The zero-order chi connectivity index (χ0) is 22.1. The predicted molar refractivity (Wildman–Crippen MR) is 118 cm³/mol. The monoisotopic (exact) mass is 423 g/mol. The van der Waals surface area contributed by atoms with Gasteiger partial charge in [-0.25, -0.2) is 15.0 Å². The molecule has 4 aromatic heterocycles. The van der Waals surface area contributed by atoms with Crippen LogP contribution in [0.5, 0.6) is 0 Å². The second kappa shape index (κ2) is 8.12. The number of nitriles is 2. The molecule has 1 N–H and O–H groups in total. The Morgan fingerprint density at radius 3 is 3.00 bits per heavy atom. The van der Waals surface area contributed by atoms with Gasteiger partial charge in [-0.05, 0) is 31.0 Å². The molecule has 4 aromatic rings. The van der Waals surface area contributed by atoms with Crippen molar-refractivity contribution in [2.75, 3.05) is 18.0 Å². The number of anilines is 1. The largest absolute Gasteiger partial charge is 0.355 e. The summed E-state index contributed by atoms with van der Waals surface area (Å²) in [5.74, 6) is 0.933. The van der Waals surface area contributed by atoms with Crippen molar-refractivity contribution >= 4 is 16.9 Å². The summed E-state index contributed by atoms with van der Waals surface area (Å²) in [5.41, 5.74) is 4.04. The normalized spacial score (nSPS) is 16.7. The van der Waals surface area contributed by atoms with Gasteiger partial charge in [0.15, 0.2) is 0 Å². The number of fused-ring (bicyclic) bond motifs is 1. The average Bonchev–Trinajstić information content (AvgIpc) is 3.57. The minimum absolute atomic E-state index is 0.0710. The quantitative estimate of drug-likeness (QED) is 0.522. The van der Waals surface area contributed by atoms with Crippen LogP contribution in [0.2, 0.25) is 0 Å². The van der Waals surface area contributed by atoms with E-state index in [0.717, 1.165) is 47.4 Å². The van der Waals surface area contributed by atoms with Gasteiger partial charge in [-0.1, -0.05) is 0 Å². The molecular weight excluding hydrogens is 402 g/mol. The van der Waals surface area contributed by atoms with Gasteiger partial charge in [0.1, 0.15) is 23.9 Å². The Hall–Kier alpha value is -4.24. The smallest absolute Gasteiger partial charge is 0.146 e. The van der Waals surface area contributed by atoms with Gasteiger partial charge in [0.05, 0.1) is 36.0 Å². The third-order valence-corrected chi connectivity index (χ3v) is 6.06. The van der Waals surface area contributed by atoms with Crippen LogP contribution in [0.1, 0.15) is 30.0 Å². The standard InChI is InChI=1S/C23H21N9/c1-15-8-17(9-25)23(27-10-15)31-7-4-16(12-31)20(2-5-24)32-13-18(11-30-32)21-19-3-6-26-22(19)29-14-28-21/h3,6,8,10-11,13-14,16,20H,2,4,7,12H2,1H3,(H,26,28,29). The number of rotatable bonds is 5. The van der Waals surface area contributed by atoms with Crippen LogP contribution in [0.3, 0.4) is 0 Å². The van der Waals surface area contributed by atoms with Crippen LogP contribution in [0.15, 0.2) is 43.2 Å². The number of aromatic amines is 1. The highest BCUT2D eigenvalue weighted by Gasteiger charge is 2.33. The summed E-state index contributed by atoms with van der Waals surface area (Å²) < 4.78 is 1.89. The zero-order valence-corrected chi connectivity index (χ0v) is 17.6. The van der Waals surface area contributed by atoms with Crippen LogP contribution in [-0.2, 0) is 0 Å². The molecule has 0 radical (unpaired) electrons. The van der Waals surface area contributed by atoms with Crippen LogP contribution < -0.4 is 4.90 Å². The number of pyridine rings is 1. The van der Waals surface area contributed by atoms with Crippen LogP contribution >= 0.6 is 0 Å². The fraction of sp³-hybridized carbons (Fsp3) is 0.304. The first-order chi connectivity index (χ1) is 15.7. The maximum absolute atomic E-state index is 9.52. The maximum Gasteiger partial charge on any atom is 0.146 e. The summed E-state index contributed by atoms with van der Waals surface area (Å²) in [6.07, 6.45) is 10.2. The number of nitrogens with zero attached hydrogens (tertiary/aromatic N) is 8. The Labute approximate surface area is 185 Å². The molecule has 0 aliphatic carbocycles. The van der Waals surface area contributed by atoms with E-state index in [9.17, 15) is 10.5 Å². The third-order valence-electron chi connectivity index (χ3n) is 6.06. The molecule has 1 saturated heterocycles. The summed E-state index contributed by atoms with van der Waals surface area (Å²) in [7, 11) is 0. The van der Waals surface area contributed by atoms with Crippen molar-refractivity contribution in [2.24, 2.45) is 5.92 Å². The van der Waals surface area contributed by atoms with Gasteiger partial charge in [-0.3, -0.25) is 4.68 Å². The van der Waals surface area contributed by atoms with Crippen molar-refractivity contribution in [1.29, 1.82) is 10.5 Å². The van der Waals surface area contributed by atoms with E-state index in [1.165, 1.54) is 6.33 Å². The number of aromatic nitrogens is 6. The van der Waals surface area contributed by atoms with Gasteiger partial charge in [-0.15, -0.1) is 0 Å². The first-order valence-electron chi connectivity index (χ1n) is 10.5. The zero-order valence-electron chi connectivity index (χ0n) is 17.6. The molecule has 0 saturated carbocycles. The van der Waals surface area contributed by atoms with Gasteiger partial charge in [0.25, 0.3) is 0 Å². The summed E-state index contributed by atoms with van der Waals surface area (Å²) in [6.45, 7) is 3.45. The Kier molecular flexibility index (Phi) is 5.00. The number of H-pyrrole nitrogens is 1. The van der Waals surface area contributed by atoms with Gasteiger partial charge in [0.2, 0.25) is 0 Å². The minimum atomic E-state index is -0.0710. The number of hydrogen-bond acceptors (Lipinski definition) is 7. The van der Waals surface area contributed by atoms with Crippen LogP contribution in [0.4, 0.5) is 5.82 Å². The van der Waals surface area contributed by atoms with Crippen molar-refractivity contribution in [3.05, 3.63) is 54.4 Å². The van der Waals surface area contributed by atoms with Crippen LogP contribution in [0, 0.1) is 35.5 Å². The molecule has 1 fully saturated rings. The van der Waals surface area contributed by atoms with E-state index >= 15 is 0 Å². The topological polar surface area (TPSA) is 123 Å². The highest BCUT2D eigenvalue weighted by Crippen LogP contribution is 2.34. The van der Waals surface area contributed by atoms with E-state index in [2.05, 4.69) is 42.1 Å². The van der Waals surface area contributed by atoms with E-state index in [0.29, 0.717) is 17.8 Å². The Bertz CT molecular complexity index is 1350. The van der Waals surface area contributed by atoms with E-state index in [4.69, 9.17) is 0 Å². The van der Waals surface area contributed by atoms with E-state index < -0.39 is 0 Å². The summed E-state index contributed by atoms with van der Waals surface area (Å²) >= 11 is 0. The fourth-order valence-corrected chi connectivity index (χ4v) is 4.50. The second-order valence-electron chi connectivity index (χ2n) is 8.09. The molecule has 5 rings (SSSR count). The predicted octanol–water partition coefficient (Wildman–Crippen LogP) is 3.38. The molecule has 0 spiro atoms. The molecular formula is C23H21N9. The maximum atomic E-state index is 9.52. The van der Waals surface area contributed by atoms with Gasteiger partial charge >= 0.3 is 0 Å². The lowest BCUT2D eigenvalue weighted by molar-refractivity contribution is 0.332. The molecule has 1 aliphatic rings. The molecule has 0 amide bonds. The highest BCUT2D eigenvalue weighted by molar-refractivity contribution is 5.89. The van der Waals surface area contributed by atoms with Gasteiger partial charge in [-0.2, -0.15) is 15.6 Å². The van der Waals surface area contributed by atoms with Gasteiger partial charge < -0.3 is 9.88 Å². The fourth-order valence-electron chi connectivity index (χ4n) is 4.50. The first-order valence-corrected chi connectivity index (χ1v) is 10.5. The lowest BCUT2D eigenvalue weighted by Gasteiger charge is -2.23. The molecule has 9 nitrogen and oxygen atoms in total. The Morgan fingerprint density at radius 2 is 2.16 bits per heavy atom. The van der Waals surface area contributed by atoms with Gasteiger partial charge in [0, 0.05) is 48.5 Å². The lowest BCUT2D eigenvalue weighted by atomic mass is 9.96. The molecule has 1 aliphatic heterocycles. The number of aryl methyl sites for hydroxylation is 1. The number of nitrogens with one attached hydrogen (secondary N) is 1. The molecule has 2 atom stereocenters. The van der Waals surface area contributed by atoms with E-state index in [1.807, 2.05) is 36.1 Å². The second-order valence-corrected chi connectivity index (χ2v) is 8.09. The minimum Gasteiger partial charge on any atom is -0.355 e. The molecule has 32 heavy (non-hydrogen) atoms. The Morgan fingerprint density at radius 1 is 1.25 bits per heavy atom. The SMILES string of the molecule is Cc1cnc(N2CCC(C(CC#N)n3cc(-c4ncnc5[nH]ccc45)cn3)C2)c(C#N)c1. The van der Waals surface area contributed by atoms with Crippen molar-refractivity contribution in [2.45, 2.75) is 25.8 Å². The van der Waals surface area contributed by atoms with Crippen molar-refractivity contribution in [1.82, 2.24) is 29.7 Å². The van der Waals surface area contributed by atoms with E-state index in [1.54, 1.807) is 12.4 Å². The average molecular weight is 423 g/mol. The summed E-state index contributed by atoms with van der Waals surface area (Å²) in [5, 5.41) is 24.6. The Balaban J connectivity index is 1.41. The van der Waals surface area contributed by atoms with Crippen molar-refractivity contribution in [3.8, 4) is 23.4 Å². The molecule has 9 heteroatoms. The lowest BCUT2D eigenvalue weighted by Crippen LogP contribution is -2.26. The first kappa shape index (κ1) is 19.7. The summed E-state index contributed by atoms with van der Waals surface area (Å²) in [6, 6.07) is 8.33. The van der Waals surface area contributed by atoms with Crippen LogP contribution in [0.25, 0.3) is 22.3 Å². The van der Waals surface area contributed by atoms with Crippen molar-refractivity contribution in [3.63, 3.8) is 0 Å². The molecule has 0 aromatic carbocycles. The molecule has 158 valence electrons. The highest BCUT2D eigenvalue weighted by atomic mass is 15.3. The van der Waals surface area contributed by atoms with Crippen LogP contribution in [-0.4, -0.2) is 42.8 Å². The molecule has 0 bridgehead atoms. The van der Waals surface area contributed by atoms with E-state index in [-0.39, 0.29) is 12.0 Å².